The van der Waals surface area contributed by atoms with Crippen LogP contribution in [-0.4, -0.2) is 29.4 Å². The van der Waals surface area contributed by atoms with Crippen molar-refractivity contribution in [1.82, 2.24) is 0 Å². The molecular weight excluding hydrogens is 348 g/mol. The van der Waals surface area contributed by atoms with Crippen LogP contribution in [0.15, 0.2) is 23.9 Å². The monoisotopic (exact) mass is 382 g/mol. The zero-order valence-electron chi connectivity index (χ0n) is 16.8. The lowest BCUT2D eigenvalue weighted by Crippen LogP contribution is -2.81. The van der Waals surface area contributed by atoms with Crippen LogP contribution in [0, 0.1) is 12.7 Å². The Kier molecular flexibility index (Phi) is 5.95. The summed E-state index contributed by atoms with van der Waals surface area (Å²) in [5.41, 5.74) is 4.61. The van der Waals surface area contributed by atoms with Gasteiger partial charge in [0.25, 0.3) is 0 Å². The van der Waals surface area contributed by atoms with E-state index >= 15 is 0 Å². The molecule has 0 saturated heterocycles. The van der Waals surface area contributed by atoms with Gasteiger partial charge < -0.3 is 0 Å². The minimum atomic E-state index is -1.47. The molecule has 0 aromatic heterocycles. The minimum absolute atomic E-state index is 0.105. The van der Waals surface area contributed by atoms with Gasteiger partial charge in [-0.15, -0.1) is 5.70 Å². The van der Waals surface area contributed by atoms with Crippen LogP contribution in [0.1, 0.15) is 11.1 Å². The van der Waals surface area contributed by atoms with Crippen LogP contribution in [0.5, 0.6) is 0 Å². The van der Waals surface area contributed by atoms with Gasteiger partial charge in [0.05, 0.1) is 6.63 Å². The molecule has 1 rings (SSSR count). The van der Waals surface area contributed by atoms with Crippen LogP contribution in [0.4, 0.5) is 4.39 Å². The summed E-state index contributed by atoms with van der Waals surface area (Å²) in [6, 6.07) is 5.52. The van der Waals surface area contributed by atoms with Gasteiger partial charge in [-0.2, -0.15) is 0 Å². The smallest absolute Gasteiger partial charge is 0.126 e. The molecule has 23 heavy (non-hydrogen) atoms. The zero-order chi connectivity index (χ0) is 18.3. The number of hydrogen-bond donors (Lipinski definition) is 0. The molecule has 0 spiro atoms. The first-order valence-corrected chi connectivity index (χ1v) is 24.2. The van der Waals surface area contributed by atoms with Gasteiger partial charge in [0, 0.05) is 22.8 Å². The fraction of sp³-hybridized carbons (Fsp3) is 0.556. The Balaban J connectivity index is 3.53. The molecule has 0 aliphatic carbocycles. The average Bonchev–Trinajstić information content (AvgIpc) is 2.28. The van der Waals surface area contributed by atoms with Crippen LogP contribution in [-0.2, 0) is 0 Å². The van der Waals surface area contributed by atoms with Gasteiger partial charge in [-0.1, -0.05) is 71.1 Å². The number of rotatable bonds is 5. The van der Waals surface area contributed by atoms with E-state index in [0.29, 0.717) is 0 Å². The highest BCUT2D eigenvalue weighted by Crippen LogP contribution is 2.38. The Bertz CT molecular complexity index is 550. The van der Waals surface area contributed by atoms with Gasteiger partial charge >= 0.3 is 0 Å². The summed E-state index contributed by atoms with van der Waals surface area (Å²) in [7, 11) is -3.85. The Labute approximate surface area is 146 Å². The molecule has 0 unspecified atom stereocenters. The second-order valence-electron chi connectivity index (χ2n) is 9.90. The van der Waals surface area contributed by atoms with Gasteiger partial charge in [-0.05, 0) is 30.2 Å². The molecule has 0 aliphatic rings. The molecule has 1 aromatic rings. The van der Waals surface area contributed by atoms with E-state index in [1.165, 1.54) is 0 Å². The maximum Gasteiger partial charge on any atom is 0.126 e. The number of aryl methyl sites for hydroxylation is 1. The van der Waals surface area contributed by atoms with Crippen molar-refractivity contribution in [3.05, 3.63) is 40.8 Å². The normalized spacial score (nSPS) is 14.6. The van der Waals surface area contributed by atoms with Crippen molar-refractivity contribution in [2.24, 2.45) is 0 Å². The third-order valence-corrected chi connectivity index (χ3v) is 76.3. The second-order valence-corrected chi connectivity index (χ2v) is 50.4. The van der Waals surface area contributed by atoms with Gasteiger partial charge in [0.1, 0.15) is 5.82 Å². The molecule has 0 heterocycles. The molecule has 130 valence electrons. The zero-order valence-corrected chi connectivity index (χ0v) is 20.8. The van der Waals surface area contributed by atoms with Crippen molar-refractivity contribution in [2.45, 2.75) is 65.8 Å². The quantitative estimate of drug-likeness (QED) is 0.518. The highest BCUT2D eigenvalue weighted by Gasteiger charge is 2.59. The summed E-state index contributed by atoms with van der Waals surface area (Å²) in [6.45, 7) is 23.7. The van der Waals surface area contributed by atoms with Crippen LogP contribution < -0.4 is 0 Å². The Morgan fingerprint density at radius 3 is 1.57 bits per heavy atom. The Morgan fingerprint density at radius 2 is 1.22 bits per heavy atom. The summed E-state index contributed by atoms with van der Waals surface area (Å²) in [4.78, 5) is 0. The summed E-state index contributed by atoms with van der Waals surface area (Å²) in [5.74, 6) is -0.105. The van der Waals surface area contributed by atoms with E-state index < -0.39 is 29.4 Å². The van der Waals surface area contributed by atoms with Crippen LogP contribution in [0.2, 0.25) is 58.9 Å². The summed E-state index contributed by atoms with van der Waals surface area (Å²) < 4.78 is 13.5. The van der Waals surface area contributed by atoms with Gasteiger partial charge in [-0.25, -0.2) is 4.39 Å². The molecule has 0 radical (unpaired) electrons. The molecule has 0 fully saturated rings. The minimum Gasteiger partial charge on any atom is -0.207 e. The first kappa shape index (κ1) is 20.8. The lowest BCUT2D eigenvalue weighted by Gasteiger charge is -2.55. The molecule has 0 saturated carbocycles. The van der Waals surface area contributed by atoms with E-state index in [2.05, 4.69) is 70.7 Å². The predicted molar refractivity (Wildman–Crippen MR) is 116 cm³/mol. The lowest BCUT2D eigenvalue weighted by molar-refractivity contribution is 0.618. The van der Waals surface area contributed by atoms with Gasteiger partial charge in [-0.3, -0.25) is 0 Å². The standard InChI is InChI=1S/C18H35FSi4/c1-16-15-17(11-12-18(16)19)13-14-23(20(2,3)4,21(5,6)7)22(8,9)10/h11-15H,1-10H3/b14-13-. The summed E-state index contributed by atoms with van der Waals surface area (Å²) >= 11 is 0. The van der Waals surface area contributed by atoms with Crippen molar-refractivity contribution in [3.63, 3.8) is 0 Å². The molecule has 5 heteroatoms. The first-order valence-electron chi connectivity index (χ1n) is 8.59. The fourth-order valence-corrected chi connectivity index (χ4v) is 100. The van der Waals surface area contributed by atoms with Gasteiger partial charge in [0.15, 0.2) is 0 Å². The molecule has 0 atom stereocenters. The molecule has 0 aliphatic heterocycles. The largest absolute Gasteiger partial charge is 0.207 e. The van der Waals surface area contributed by atoms with E-state index in [-0.39, 0.29) is 5.82 Å². The average molecular weight is 383 g/mol. The third kappa shape index (κ3) is 4.06. The molecule has 0 nitrogen and oxygen atoms in total. The van der Waals surface area contributed by atoms with Crippen LogP contribution in [0.3, 0.4) is 0 Å². The van der Waals surface area contributed by atoms with E-state index in [1.54, 1.807) is 6.07 Å². The Hall–Kier alpha value is -0.242. The maximum absolute atomic E-state index is 13.5. The molecule has 0 bridgehead atoms. The fourth-order valence-electron chi connectivity index (χ4n) is 5.12. The number of hydrogen-bond acceptors (Lipinski definition) is 0. The van der Waals surface area contributed by atoms with E-state index in [0.717, 1.165) is 11.1 Å². The molecule has 0 amide bonds. The number of halogens is 1. The molecular formula is C18H35FSi4. The first-order chi connectivity index (χ1) is 10.1. The number of benzene rings is 1. The van der Waals surface area contributed by atoms with Crippen molar-refractivity contribution >= 4 is 35.5 Å². The van der Waals surface area contributed by atoms with Crippen molar-refractivity contribution in [3.8, 4) is 0 Å². The van der Waals surface area contributed by atoms with Gasteiger partial charge in [0.2, 0.25) is 0 Å². The third-order valence-electron chi connectivity index (χ3n) is 5.26. The predicted octanol–water partition coefficient (Wildman–Crippen LogP) is 6.39. The molecule has 1 aromatic carbocycles. The Morgan fingerprint density at radius 1 is 0.783 bits per heavy atom. The second kappa shape index (κ2) is 6.58. The van der Waals surface area contributed by atoms with Crippen molar-refractivity contribution in [1.29, 1.82) is 0 Å². The lowest BCUT2D eigenvalue weighted by atomic mass is 10.1. The van der Waals surface area contributed by atoms with Crippen LogP contribution in [0.25, 0.3) is 6.08 Å². The SMILES string of the molecule is Cc1cc(/C=C\[Si]([Si](C)(C)C)([Si](C)(C)C)[Si](C)(C)C)ccc1F. The topological polar surface area (TPSA) is 0 Å². The highest BCUT2D eigenvalue weighted by atomic mass is 29.9. The summed E-state index contributed by atoms with van der Waals surface area (Å²) in [5, 5.41) is 0. The molecule has 0 N–H and O–H groups in total. The highest BCUT2D eigenvalue weighted by molar-refractivity contribution is 7.90. The van der Waals surface area contributed by atoms with Crippen molar-refractivity contribution in [2.75, 3.05) is 0 Å². The maximum atomic E-state index is 13.5. The van der Waals surface area contributed by atoms with Crippen LogP contribution >= 0.6 is 0 Å². The van der Waals surface area contributed by atoms with Crippen molar-refractivity contribution < 1.29 is 4.39 Å². The van der Waals surface area contributed by atoms with E-state index in [1.807, 2.05) is 19.1 Å². The van der Waals surface area contributed by atoms with E-state index in [4.69, 9.17) is 0 Å². The summed E-state index contributed by atoms with van der Waals surface area (Å²) in [6.07, 6.45) is 2.34. The van der Waals surface area contributed by atoms with E-state index in [9.17, 15) is 4.39 Å².